The van der Waals surface area contributed by atoms with Gasteiger partial charge in [-0.3, -0.25) is 9.59 Å². The molecule has 0 spiro atoms. The van der Waals surface area contributed by atoms with Crippen LogP contribution in [0.1, 0.15) is 27.2 Å². The molecule has 1 atom stereocenters. The number of amides is 2. The van der Waals surface area contributed by atoms with E-state index in [1.807, 2.05) is 37.4 Å². The molecule has 3 rings (SSSR count). The molecule has 1 aromatic carbocycles. The van der Waals surface area contributed by atoms with Gasteiger partial charge in [-0.15, -0.1) is 11.3 Å². The lowest BCUT2D eigenvalue weighted by atomic mass is 10.2. The van der Waals surface area contributed by atoms with Crippen LogP contribution in [0.5, 0.6) is 0 Å². The van der Waals surface area contributed by atoms with Gasteiger partial charge in [0.05, 0.1) is 16.1 Å². The van der Waals surface area contributed by atoms with Crippen molar-refractivity contribution in [2.75, 3.05) is 23.8 Å². The summed E-state index contributed by atoms with van der Waals surface area (Å²) >= 11 is 1.22. The first-order valence-electron chi connectivity index (χ1n) is 8.55. The van der Waals surface area contributed by atoms with Crippen LogP contribution in [0.2, 0.25) is 0 Å². The number of para-hydroxylation sites is 1. The van der Waals surface area contributed by atoms with Gasteiger partial charge in [0.15, 0.2) is 5.76 Å². The Hall–Kier alpha value is -3.06. The normalized spacial score (nSPS) is 11.6. The van der Waals surface area contributed by atoms with Crippen molar-refractivity contribution in [1.29, 1.82) is 0 Å². The Morgan fingerprint density at radius 2 is 1.85 bits per heavy atom. The van der Waals surface area contributed by atoms with Crippen molar-refractivity contribution in [2.45, 2.75) is 13.0 Å². The fourth-order valence-electron chi connectivity index (χ4n) is 2.49. The van der Waals surface area contributed by atoms with Gasteiger partial charge in [-0.25, -0.2) is 0 Å². The quantitative estimate of drug-likeness (QED) is 0.650. The van der Waals surface area contributed by atoms with Gasteiger partial charge in [-0.2, -0.15) is 0 Å². The number of nitrogens with zero attached hydrogens (tertiary/aromatic N) is 1. The Bertz CT molecular complexity index is 890. The monoisotopic (exact) mass is 383 g/mol. The zero-order chi connectivity index (χ0) is 19.2. The minimum absolute atomic E-state index is 0.134. The lowest BCUT2D eigenvalue weighted by Gasteiger charge is -2.27. The predicted molar refractivity (Wildman–Crippen MR) is 108 cm³/mol. The van der Waals surface area contributed by atoms with Gasteiger partial charge in [-0.05, 0) is 43.3 Å². The fraction of sp³-hybridized carbons (Fsp3) is 0.200. The summed E-state index contributed by atoms with van der Waals surface area (Å²) in [5.74, 6) is -0.272. The smallest absolute Gasteiger partial charge is 0.291 e. The summed E-state index contributed by atoms with van der Waals surface area (Å²) < 4.78 is 5.05. The standard InChI is InChI=1S/C20H21N3O3S/c1-14(23(2)15-7-4-3-5-8-15)13-21-20(25)17-10-11-18(27-17)22-19(24)16-9-6-12-26-16/h3-12,14H,13H2,1-2H3,(H,21,25)(H,22,24). The highest BCUT2D eigenvalue weighted by Crippen LogP contribution is 2.22. The minimum Gasteiger partial charge on any atom is -0.459 e. The summed E-state index contributed by atoms with van der Waals surface area (Å²) in [6.07, 6.45) is 1.44. The Balaban J connectivity index is 1.52. The maximum atomic E-state index is 12.4. The van der Waals surface area contributed by atoms with Crippen LogP contribution in [-0.4, -0.2) is 31.4 Å². The molecule has 7 heteroatoms. The van der Waals surface area contributed by atoms with E-state index in [9.17, 15) is 9.59 Å². The Labute approximate surface area is 161 Å². The fourth-order valence-corrected chi connectivity index (χ4v) is 3.31. The van der Waals surface area contributed by atoms with E-state index in [-0.39, 0.29) is 23.6 Å². The van der Waals surface area contributed by atoms with Crippen LogP contribution in [0, 0.1) is 0 Å². The Kier molecular flexibility index (Phi) is 5.93. The number of carbonyl (C=O) groups is 2. The van der Waals surface area contributed by atoms with Gasteiger partial charge in [0.1, 0.15) is 0 Å². The molecule has 0 saturated carbocycles. The summed E-state index contributed by atoms with van der Waals surface area (Å²) in [6, 6.07) is 16.8. The topological polar surface area (TPSA) is 74.6 Å². The number of likely N-dealkylation sites (N-methyl/N-ethyl adjacent to an activating group) is 1. The van der Waals surface area contributed by atoms with Gasteiger partial charge >= 0.3 is 0 Å². The highest BCUT2D eigenvalue weighted by molar-refractivity contribution is 7.18. The molecule has 140 valence electrons. The second-order valence-corrected chi connectivity index (χ2v) is 7.18. The van der Waals surface area contributed by atoms with Crippen LogP contribution < -0.4 is 15.5 Å². The maximum absolute atomic E-state index is 12.4. The van der Waals surface area contributed by atoms with Crippen molar-refractivity contribution in [3.8, 4) is 0 Å². The molecule has 0 fully saturated rings. The molecule has 1 unspecified atom stereocenters. The molecule has 6 nitrogen and oxygen atoms in total. The second kappa shape index (κ2) is 8.55. The van der Waals surface area contributed by atoms with Crippen molar-refractivity contribution in [2.24, 2.45) is 0 Å². The number of nitrogens with one attached hydrogen (secondary N) is 2. The summed E-state index contributed by atoms with van der Waals surface area (Å²) in [4.78, 5) is 27.0. The molecule has 2 N–H and O–H groups in total. The molecule has 2 amide bonds. The van der Waals surface area contributed by atoms with Crippen molar-refractivity contribution in [3.05, 3.63) is 71.5 Å². The number of benzene rings is 1. The van der Waals surface area contributed by atoms with Gasteiger partial charge in [-0.1, -0.05) is 18.2 Å². The van der Waals surface area contributed by atoms with E-state index >= 15 is 0 Å². The minimum atomic E-state index is -0.341. The molecule has 0 saturated heterocycles. The van der Waals surface area contributed by atoms with E-state index in [1.165, 1.54) is 17.6 Å². The van der Waals surface area contributed by atoms with Crippen molar-refractivity contribution < 1.29 is 14.0 Å². The van der Waals surface area contributed by atoms with E-state index in [4.69, 9.17) is 4.42 Å². The number of rotatable bonds is 7. The van der Waals surface area contributed by atoms with E-state index in [1.54, 1.807) is 24.3 Å². The number of anilines is 2. The van der Waals surface area contributed by atoms with E-state index in [0.29, 0.717) is 16.4 Å². The van der Waals surface area contributed by atoms with Crippen molar-refractivity contribution >= 4 is 33.8 Å². The lowest BCUT2D eigenvalue weighted by Crippen LogP contribution is -2.40. The summed E-state index contributed by atoms with van der Waals surface area (Å²) in [7, 11) is 2.00. The van der Waals surface area contributed by atoms with E-state index < -0.39 is 0 Å². The van der Waals surface area contributed by atoms with Crippen LogP contribution in [-0.2, 0) is 0 Å². The molecule has 27 heavy (non-hydrogen) atoms. The largest absolute Gasteiger partial charge is 0.459 e. The third-order valence-corrected chi connectivity index (χ3v) is 5.19. The maximum Gasteiger partial charge on any atom is 0.291 e. The molecule has 0 aliphatic carbocycles. The van der Waals surface area contributed by atoms with Crippen LogP contribution >= 0.6 is 11.3 Å². The van der Waals surface area contributed by atoms with Gasteiger partial charge in [0.25, 0.3) is 11.8 Å². The SMILES string of the molecule is CC(CNC(=O)c1ccc(NC(=O)c2ccco2)s1)N(C)c1ccccc1. The van der Waals surface area contributed by atoms with Crippen LogP contribution in [0.4, 0.5) is 10.7 Å². The Morgan fingerprint density at radius 1 is 1.07 bits per heavy atom. The molecule has 2 heterocycles. The average molecular weight is 383 g/mol. The first-order valence-corrected chi connectivity index (χ1v) is 9.37. The second-order valence-electron chi connectivity index (χ2n) is 6.10. The van der Waals surface area contributed by atoms with E-state index in [2.05, 4.69) is 22.5 Å². The number of carbonyl (C=O) groups excluding carboxylic acids is 2. The lowest BCUT2D eigenvalue weighted by molar-refractivity contribution is 0.0954. The predicted octanol–water partition coefficient (Wildman–Crippen LogP) is 3.85. The molecule has 0 aliphatic rings. The molecule has 0 bridgehead atoms. The van der Waals surface area contributed by atoms with Crippen molar-refractivity contribution in [3.63, 3.8) is 0 Å². The molecule has 0 aliphatic heterocycles. The first-order chi connectivity index (χ1) is 13.0. The zero-order valence-electron chi connectivity index (χ0n) is 15.1. The average Bonchev–Trinajstić information content (AvgIpc) is 3.38. The summed E-state index contributed by atoms with van der Waals surface area (Å²) in [5, 5.41) is 6.26. The van der Waals surface area contributed by atoms with Crippen molar-refractivity contribution in [1.82, 2.24) is 5.32 Å². The number of hydrogen-bond donors (Lipinski definition) is 2. The zero-order valence-corrected chi connectivity index (χ0v) is 16.0. The molecule has 2 aromatic heterocycles. The number of thiophene rings is 1. The molecular formula is C20H21N3O3S. The summed E-state index contributed by atoms with van der Waals surface area (Å²) in [6.45, 7) is 2.56. The van der Waals surface area contributed by atoms with Crippen LogP contribution in [0.25, 0.3) is 0 Å². The molecule has 0 radical (unpaired) electrons. The third-order valence-electron chi connectivity index (χ3n) is 4.19. The number of hydrogen-bond acceptors (Lipinski definition) is 5. The van der Waals surface area contributed by atoms with Crippen LogP contribution in [0.3, 0.4) is 0 Å². The third kappa shape index (κ3) is 4.77. The number of furan rings is 1. The van der Waals surface area contributed by atoms with Gasteiger partial charge in [0, 0.05) is 25.3 Å². The molecular weight excluding hydrogens is 362 g/mol. The van der Waals surface area contributed by atoms with Gasteiger partial charge < -0.3 is 20.0 Å². The van der Waals surface area contributed by atoms with Crippen LogP contribution in [0.15, 0.2) is 65.3 Å². The first kappa shape index (κ1) is 18.7. The molecule has 3 aromatic rings. The Morgan fingerprint density at radius 3 is 2.56 bits per heavy atom. The highest BCUT2D eigenvalue weighted by atomic mass is 32.1. The van der Waals surface area contributed by atoms with Gasteiger partial charge in [0.2, 0.25) is 0 Å². The summed E-state index contributed by atoms with van der Waals surface area (Å²) in [5.41, 5.74) is 1.10. The van der Waals surface area contributed by atoms with E-state index in [0.717, 1.165) is 5.69 Å². The highest BCUT2D eigenvalue weighted by Gasteiger charge is 2.15.